The summed E-state index contributed by atoms with van der Waals surface area (Å²) in [6.45, 7) is 1.45. The van der Waals surface area contributed by atoms with Gasteiger partial charge in [-0.25, -0.2) is 9.48 Å². The van der Waals surface area contributed by atoms with E-state index in [0.717, 1.165) is 0 Å². The van der Waals surface area contributed by atoms with Crippen molar-refractivity contribution in [3.05, 3.63) is 84.3 Å². The lowest BCUT2D eigenvalue weighted by Gasteiger charge is -2.11. The number of ketones is 1. The van der Waals surface area contributed by atoms with Gasteiger partial charge in [-0.2, -0.15) is 5.10 Å². The molecule has 2 aromatic carbocycles. The Hall–Kier alpha value is -4.13. The van der Waals surface area contributed by atoms with Crippen molar-refractivity contribution in [2.45, 2.75) is 6.92 Å². The average molecular weight is 402 g/mol. The maximum Gasteiger partial charge on any atom is 0.362 e. The van der Waals surface area contributed by atoms with Gasteiger partial charge in [-0.1, -0.05) is 18.2 Å². The number of nitrogens with zero attached hydrogens (tertiary/aromatic N) is 2. The number of Topliss-reactive ketones (excluding diaryl/α,β-unsaturated/α-hetero) is 1. The topological polar surface area (TPSA) is 83.6 Å². The molecule has 0 atom stereocenters. The smallest absolute Gasteiger partial charge is 0.362 e. The maximum atomic E-state index is 13.0. The molecule has 0 aliphatic carbocycles. The van der Waals surface area contributed by atoms with Crippen LogP contribution in [-0.4, -0.2) is 28.6 Å². The fraction of sp³-hybridized carbons (Fsp3) is 0.0870. The summed E-state index contributed by atoms with van der Waals surface area (Å²) in [6.07, 6.45) is 1.54. The van der Waals surface area contributed by atoms with Crippen molar-refractivity contribution < 1.29 is 23.5 Å². The second kappa shape index (κ2) is 8.08. The molecular formula is C23H18N2O5. The molecule has 0 amide bonds. The van der Waals surface area contributed by atoms with E-state index in [-0.39, 0.29) is 23.0 Å². The molecule has 4 aromatic rings. The monoisotopic (exact) mass is 402 g/mol. The highest BCUT2D eigenvalue weighted by atomic mass is 16.6. The standard InChI is InChI=1S/C23H18N2O5/c1-15(26)16-10-11-21(22(13-16)28-2)30-23(27)19-14-18(20-9-6-12-29-20)24-25(19)17-7-4-3-5-8-17/h3-14H,1-2H3. The van der Waals surface area contributed by atoms with Gasteiger partial charge in [-0.15, -0.1) is 0 Å². The zero-order chi connectivity index (χ0) is 21.1. The number of carbonyl (C=O) groups excluding carboxylic acids is 2. The number of hydrogen-bond acceptors (Lipinski definition) is 6. The van der Waals surface area contributed by atoms with Crippen molar-refractivity contribution >= 4 is 11.8 Å². The van der Waals surface area contributed by atoms with Gasteiger partial charge in [0.1, 0.15) is 5.69 Å². The summed E-state index contributed by atoms with van der Waals surface area (Å²) in [7, 11) is 1.44. The second-order valence-electron chi connectivity index (χ2n) is 6.45. The molecule has 0 bridgehead atoms. The van der Waals surface area contributed by atoms with E-state index in [9.17, 15) is 9.59 Å². The summed E-state index contributed by atoms with van der Waals surface area (Å²) in [5.41, 5.74) is 1.86. The molecule has 0 aliphatic rings. The summed E-state index contributed by atoms with van der Waals surface area (Å²) in [5, 5.41) is 4.51. The van der Waals surface area contributed by atoms with Crippen LogP contribution in [-0.2, 0) is 0 Å². The third kappa shape index (κ3) is 3.73. The van der Waals surface area contributed by atoms with Crippen LogP contribution in [0.25, 0.3) is 17.1 Å². The van der Waals surface area contributed by atoms with Crippen LogP contribution in [0, 0.1) is 0 Å². The summed E-state index contributed by atoms with van der Waals surface area (Å²) < 4.78 is 17.8. The highest BCUT2D eigenvalue weighted by molar-refractivity contribution is 5.95. The molecule has 7 heteroatoms. The molecule has 0 N–H and O–H groups in total. The number of aromatic nitrogens is 2. The molecule has 0 radical (unpaired) electrons. The predicted molar refractivity (Wildman–Crippen MR) is 109 cm³/mol. The lowest BCUT2D eigenvalue weighted by Crippen LogP contribution is -2.15. The van der Waals surface area contributed by atoms with E-state index in [1.54, 1.807) is 24.3 Å². The first kappa shape index (κ1) is 19.2. The molecule has 0 unspecified atom stereocenters. The number of benzene rings is 2. The number of furan rings is 1. The van der Waals surface area contributed by atoms with Crippen molar-refractivity contribution in [3.8, 4) is 28.6 Å². The number of esters is 1. The Balaban J connectivity index is 1.73. The van der Waals surface area contributed by atoms with Crippen LogP contribution in [0.4, 0.5) is 0 Å². The number of carbonyl (C=O) groups is 2. The highest BCUT2D eigenvalue weighted by Crippen LogP contribution is 2.30. The van der Waals surface area contributed by atoms with Crippen LogP contribution in [0.5, 0.6) is 11.5 Å². The Morgan fingerprint density at radius 2 is 1.77 bits per heavy atom. The maximum absolute atomic E-state index is 13.0. The van der Waals surface area contributed by atoms with Crippen molar-refractivity contribution in [1.29, 1.82) is 0 Å². The van der Waals surface area contributed by atoms with E-state index in [2.05, 4.69) is 5.10 Å². The third-order valence-corrected chi connectivity index (χ3v) is 4.47. The van der Waals surface area contributed by atoms with Gasteiger partial charge in [0.15, 0.2) is 28.7 Å². The summed E-state index contributed by atoms with van der Waals surface area (Å²) >= 11 is 0. The number of para-hydroxylation sites is 1. The van der Waals surface area contributed by atoms with Gasteiger partial charge >= 0.3 is 5.97 Å². The minimum Gasteiger partial charge on any atom is -0.493 e. The number of methoxy groups -OCH3 is 1. The molecule has 4 rings (SSSR count). The Morgan fingerprint density at radius 1 is 0.967 bits per heavy atom. The summed E-state index contributed by atoms with van der Waals surface area (Å²) in [6, 6.07) is 19.0. The molecule has 0 spiro atoms. The molecule has 7 nitrogen and oxygen atoms in total. The van der Waals surface area contributed by atoms with E-state index in [1.165, 1.54) is 37.1 Å². The predicted octanol–water partition coefficient (Wildman–Crippen LogP) is 4.56. The largest absolute Gasteiger partial charge is 0.493 e. The second-order valence-corrected chi connectivity index (χ2v) is 6.45. The SMILES string of the molecule is COc1cc(C(C)=O)ccc1OC(=O)c1cc(-c2ccco2)nn1-c1ccccc1. The Morgan fingerprint density at radius 3 is 2.43 bits per heavy atom. The number of ether oxygens (including phenoxy) is 2. The molecule has 0 saturated carbocycles. The van der Waals surface area contributed by atoms with Gasteiger partial charge in [-0.05, 0) is 49.4 Å². The van der Waals surface area contributed by atoms with Gasteiger partial charge in [-0.3, -0.25) is 4.79 Å². The fourth-order valence-electron chi connectivity index (χ4n) is 2.96. The molecular weight excluding hydrogens is 384 g/mol. The van der Waals surface area contributed by atoms with Gasteiger partial charge in [0.2, 0.25) is 0 Å². The van der Waals surface area contributed by atoms with Crippen molar-refractivity contribution in [1.82, 2.24) is 9.78 Å². The molecule has 150 valence electrons. The van der Waals surface area contributed by atoms with Crippen LogP contribution in [0.1, 0.15) is 27.8 Å². The highest BCUT2D eigenvalue weighted by Gasteiger charge is 2.22. The molecule has 2 heterocycles. The van der Waals surface area contributed by atoms with Gasteiger partial charge in [0.25, 0.3) is 0 Å². The Kier molecular flexibility index (Phi) is 5.17. The first-order valence-corrected chi connectivity index (χ1v) is 9.17. The van der Waals surface area contributed by atoms with Gasteiger partial charge in [0.05, 0.1) is 19.1 Å². The Bertz CT molecular complexity index is 1190. The van der Waals surface area contributed by atoms with Crippen LogP contribution in [0.2, 0.25) is 0 Å². The quantitative estimate of drug-likeness (QED) is 0.267. The summed E-state index contributed by atoms with van der Waals surface area (Å²) in [4.78, 5) is 24.6. The molecule has 2 aromatic heterocycles. The molecule has 30 heavy (non-hydrogen) atoms. The van der Waals surface area contributed by atoms with E-state index in [0.29, 0.717) is 22.7 Å². The first-order chi connectivity index (χ1) is 14.6. The fourth-order valence-corrected chi connectivity index (χ4v) is 2.96. The van der Waals surface area contributed by atoms with Crippen molar-refractivity contribution in [3.63, 3.8) is 0 Å². The lowest BCUT2D eigenvalue weighted by atomic mass is 10.1. The normalized spacial score (nSPS) is 10.6. The minimum absolute atomic E-state index is 0.114. The van der Waals surface area contributed by atoms with E-state index in [4.69, 9.17) is 13.9 Å². The van der Waals surface area contributed by atoms with Crippen LogP contribution in [0.3, 0.4) is 0 Å². The zero-order valence-electron chi connectivity index (χ0n) is 16.4. The zero-order valence-corrected chi connectivity index (χ0v) is 16.4. The van der Waals surface area contributed by atoms with Crippen molar-refractivity contribution in [2.75, 3.05) is 7.11 Å². The molecule has 0 fully saturated rings. The van der Waals surface area contributed by atoms with Crippen molar-refractivity contribution in [2.24, 2.45) is 0 Å². The minimum atomic E-state index is -0.627. The number of hydrogen-bond donors (Lipinski definition) is 0. The van der Waals surface area contributed by atoms with Crippen LogP contribution >= 0.6 is 0 Å². The molecule has 0 aliphatic heterocycles. The van der Waals surface area contributed by atoms with E-state index < -0.39 is 5.97 Å². The van der Waals surface area contributed by atoms with Crippen LogP contribution < -0.4 is 9.47 Å². The van der Waals surface area contributed by atoms with Gasteiger partial charge in [0, 0.05) is 11.6 Å². The van der Waals surface area contributed by atoms with E-state index >= 15 is 0 Å². The first-order valence-electron chi connectivity index (χ1n) is 9.17. The Labute approximate surface area is 172 Å². The number of rotatable bonds is 6. The molecule has 0 saturated heterocycles. The average Bonchev–Trinajstić information content (AvgIpc) is 3.44. The van der Waals surface area contributed by atoms with Gasteiger partial charge < -0.3 is 13.9 Å². The summed E-state index contributed by atoms with van der Waals surface area (Å²) in [5.74, 6) is 0.275. The lowest BCUT2D eigenvalue weighted by molar-refractivity contribution is 0.0720. The van der Waals surface area contributed by atoms with Crippen LogP contribution in [0.15, 0.2) is 77.4 Å². The third-order valence-electron chi connectivity index (χ3n) is 4.47. The van der Waals surface area contributed by atoms with E-state index in [1.807, 2.05) is 30.3 Å².